The number of nitrogens with one attached hydrogen (secondary N) is 1. The minimum atomic E-state index is -0.195. The van der Waals surface area contributed by atoms with E-state index in [1.54, 1.807) is 6.92 Å². The van der Waals surface area contributed by atoms with Gasteiger partial charge in [0, 0.05) is 13.0 Å². The van der Waals surface area contributed by atoms with Gasteiger partial charge in [0.25, 0.3) is 0 Å². The van der Waals surface area contributed by atoms with Crippen LogP contribution in [0.1, 0.15) is 44.8 Å². The predicted molar refractivity (Wildman–Crippen MR) is 65.9 cm³/mol. The van der Waals surface area contributed by atoms with Crippen LogP contribution >= 0.6 is 0 Å². The van der Waals surface area contributed by atoms with Crippen molar-refractivity contribution in [1.82, 2.24) is 15.5 Å². The number of esters is 1. The van der Waals surface area contributed by atoms with Gasteiger partial charge < -0.3 is 14.6 Å². The van der Waals surface area contributed by atoms with Gasteiger partial charge in [-0.15, -0.1) is 0 Å². The first-order chi connectivity index (χ1) is 8.76. The molecule has 1 N–H and O–H groups in total. The summed E-state index contributed by atoms with van der Waals surface area (Å²) in [5, 5.41) is 6.94. The van der Waals surface area contributed by atoms with Gasteiger partial charge in [-0.25, -0.2) is 0 Å². The van der Waals surface area contributed by atoms with E-state index in [2.05, 4.69) is 22.4 Å². The third-order valence-corrected chi connectivity index (χ3v) is 2.35. The Morgan fingerprint density at radius 2 is 2.28 bits per heavy atom. The van der Waals surface area contributed by atoms with Crippen LogP contribution in [0.4, 0.5) is 0 Å². The van der Waals surface area contributed by atoms with Crippen LogP contribution < -0.4 is 5.32 Å². The quantitative estimate of drug-likeness (QED) is 0.531. The van der Waals surface area contributed by atoms with Crippen LogP contribution in [0.25, 0.3) is 0 Å². The Balaban J connectivity index is 2.15. The van der Waals surface area contributed by atoms with Gasteiger partial charge in [-0.1, -0.05) is 18.5 Å². The van der Waals surface area contributed by atoms with Gasteiger partial charge in [0.2, 0.25) is 5.89 Å². The van der Waals surface area contributed by atoms with Crippen molar-refractivity contribution in [2.45, 2.75) is 46.1 Å². The second kappa shape index (κ2) is 8.63. The Morgan fingerprint density at radius 1 is 1.44 bits per heavy atom. The molecule has 0 aliphatic rings. The molecular weight excluding hydrogens is 234 g/mol. The fraction of sp³-hybridized carbons (Fsp3) is 0.750. The summed E-state index contributed by atoms with van der Waals surface area (Å²) in [6, 6.07) is 0. The molecule has 0 fully saturated rings. The number of ether oxygens (including phenoxy) is 1. The number of hydrogen-bond acceptors (Lipinski definition) is 6. The molecule has 0 amide bonds. The standard InChI is InChI=1S/C12H21N3O3/c1-3-5-6-10-14-11(18-15-10)9-13-8-7-12(16)17-4-2/h13H,3-9H2,1-2H3. The van der Waals surface area contributed by atoms with Crippen LogP contribution in [0.3, 0.4) is 0 Å². The molecule has 0 bridgehead atoms. The summed E-state index contributed by atoms with van der Waals surface area (Å²) in [4.78, 5) is 15.3. The van der Waals surface area contributed by atoms with Crippen molar-refractivity contribution >= 4 is 5.97 Å². The van der Waals surface area contributed by atoms with E-state index >= 15 is 0 Å². The second-order valence-electron chi connectivity index (χ2n) is 3.94. The maximum Gasteiger partial charge on any atom is 0.307 e. The third kappa shape index (κ3) is 5.77. The summed E-state index contributed by atoms with van der Waals surface area (Å²) >= 11 is 0. The Kier molecular flexibility index (Phi) is 7.01. The van der Waals surface area contributed by atoms with Crippen LogP contribution in [0.5, 0.6) is 0 Å². The maximum atomic E-state index is 11.1. The zero-order valence-electron chi connectivity index (χ0n) is 11.1. The Labute approximate surface area is 107 Å². The van der Waals surface area contributed by atoms with Crippen molar-refractivity contribution in [2.75, 3.05) is 13.2 Å². The van der Waals surface area contributed by atoms with Gasteiger partial charge in [0.1, 0.15) is 0 Å². The lowest BCUT2D eigenvalue weighted by Gasteiger charge is -2.01. The molecular formula is C12H21N3O3. The number of rotatable bonds is 9. The van der Waals surface area contributed by atoms with Crippen LogP contribution in [0.2, 0.25) is 0 Å². The van der Waals surface area contributed by atoms with Crippen LogP contribution in [-0.2, 0) is 22.5 Å². The van der Waals surface area contributed by atoms with Crippen molar-refractivity contribution in [3.8, 4) is 0 Å². The summed E-state index contributed by atoms with van der Waals surface area (Å²) in [6.45, 7) is 5.37. The smallest absolute Gasteiger partial charge is 0.307 e. The fourth-order valence-corrected chi connectivity index (χ4v) is 1.42. The van der Waals surface area contributed by atoms with Crippen molar-refractivity contribution in [2.24, 2.45) is 0 Å². The summed E-state index contributed by atoms with van der Waals surface area (Å²) in [7, 11) is 0. The van der Waals surface area contributed by atoms with E-state index in [0.29, 0.717) is 32.0 Å². The lowest BCUT2D eigenvalue weighted by molar-refractivity contribution is -0.142. The maximum absolute atomic E-state index is 11.1. The molecule has 18 heavy (non-hydrogen) atoms. The number of carbonyl (C=O) groups excluding carboxylic acids is 1. The minimum Gasteiger partial charge on any atom is -0.466 e. The minimum absolute atomic E-state index is 0.195. The van der Waals surface area contributed by atoms with Gasteiger partial charge in [-0.2, -0.15) is 4.98 Å². The Hall–Kier alpha value is -1.43. The molecule has 0 saturated heterocycles. The third-order valence-electron chi connectivity index (χ3n) is 2.35. The van der Waals surface area contributed by atoms with Crippen LogP contribution in [0, 0.1) is 0 Å². The average molecular weight is 255 g/mol. The number of hydrogen-bond donors (Lipinski definition) is 1. The first-order valence-electron chi connectivity index (χ1n) is 6.44. The average Bonchev–Trinajstić information content (AvgIpc) is 2.80. The van der Waals surface area contributed by atoms with Gasteiger partial charge in [0.15, 0.2) is 5.82 Å². The van der Waals surface area contributed by atoms with Gasteiger partial charge in [-0.05, 0) is 13.3 Å². The highest BCUT2D eigenvalue weighted by Gasteiger charge is 2.06. The van der Waals surface area contributed by atoms with E-state index in [1.165, 1.54) is 0 Å². The van der Waals surface area contributed by atoms with Crippen molar-refractivity contribution in [3.63, 3.8) is 0 Å². The molecule has 0 aliphatic carbocycles. The van der Waals surface area contributed by atoms with E-state index in [0.717, 1.165) is 25.1 Å². The number of aromatic nitrogens is 2. The molecule has 0 radical (unpaired) electrons. The van der Waals surface area contributed by atoms with E-state index in [4.69, 9.17) is 9.26 Å². The first kappa shape index (κ1) is 14.6. The first-order valence-corrected chi connectivity index (χ1v) is 6.44. The molecule has 1 aromatic rings. The zero-order chi connectivity index (χ0) is 13.2. The molecule has 0 unspecified atom stereocenters. The topological polar surface area (TPSA) is 77.2 Å². The molecule has 1 aromatic heterocycles. The fourth-order valence-electron chi connectivity index (χ4n) is 1.42. The Morgan fingerprint density at radius 3 is 3.00 bits per heavy atom. The van der Waals surface area contributed by atoms with Crippen LogP contribution in [0.15, 0.2) is 4.52 Å². The Bertz CT molecular complexity index is 352. The van der Waals surface area contributed by atoms with Gasteiger partial charge in [0.05, 0.1) is 19.6 Å². The number of nitrogens with zero attached hydrogens (tertiary/aromatic N) is 2. The summed E-state index contributed by atoms with van der Waals surface area (Å²) in [5.41, 5.74) is 0. The highest BCUT2D eigenvalue weighted by atomic mass is 16.5. The van der Waals surface area contributed by atoms with Gasteiger partial charge in [-0.3, -0.25) is 4.79 Å². The second-order valence-corrected chi connectivity index (χ2v) is 3.94. The van der Waals surface area contributed by atoms with Crippen molar-refractivity contribution in [3.05, 3.63) is 11.7 Å². The molecule has 6 heteroatoms. The lowest BCUT2D eigenvalue weighted by atomic mass is 10.2. The predicted octanol–water partition coefficient (Wildman–Crippen LogP) is 1.46. The number of aryl methyl sites for hydroxylation is 1. The summed E-state index contributed by atoms with van der Waals surface area (Å²) in [5.74, 6) is 1.11. The van der Waals surface area contributed by atoms with Crippen LogP contribution in [-0.4, -0.2) is 29.3 Å². The summed E-state index contributed by atoms with van der Waals surface area (Å²) in [6.07, 6.45) is 3.38. The molecule has 0 aliphatic heterocycles. The van der Waals surface area contributed by atoms with E-state index in [1.807, 2.05) is 0 Å². The number of carbonyl (C=O) groups is 1. The van der Waals surface area contributed by atoms with Crippen molar-refractivity contribution in [1.29, 1.82) is 0 Å². The highest BCUT2D eigenvalue weighted by molar-refractivity contribution is 5.69. The molecule has 1 heterocycles. The SMILES string of the molecule is CCCCc1noc(CNCCC(=O)OCC)n1. The molecule has 6 nitrogen and oxygen atoms in total. The molecule has 0 atom stereocenters. The molecule has 1 rings (SSSR count). The van der Waals surface area contributed by atoms with E-state index in [-0.39, 0.29) is 5.97 Å². The molecule has 0 spiro atoms. The zero-order valence-corrected chi connectivity index (χ0v) is 11.1. The highest BCUT2D eigenvalue weighted by Crippen LogP contribution is 2.01. The molecule has 0 aromatic carbocycles. The largest absolute Gasteiger partial charge is 0.466 e. The monoisotopic (exact) mass is 255 g/mol. The van der Waals surface area contributed by atoms with Gasteiger partial charge >= 0.3 is 5.97 Å². The number of unbranched alkanes of at least 4 members (excludes halogenated alkanes) is 1. The molecule has 0 saturated carbocycles. The van der Waals surface area contributed by atoms with E-state index < -0.39 is 0 Å². The molecule has 102 valence electrons. The summed E-state index contributed by atoms with van der Waals surface area (Å²) < 4.78 is 9.89. The lowest BCUT2D eigenvalue weighted by Crippen LogP contribution is -2.19. The van der Waals surface area contributed by atoms with Crippen molar-refractivity contribution < 1.29 is 14.1 Å². The normalized spacial score (nSPS) is 10.6. The van der Waals surface area contributed by atoms with E-state index in [9.17, 15) is 4.79 Å².